The van der Waals surface area contributed by atoms with Crippen LogP contribution in [0, 0.1) is 6.92 Å². The maximum atomic E-state index is 10.7. The molecule has 1 N–H and O–H groups in total. The Morgan fingerprint density at radius 3 is 2.71 bits per heavy atom. The van der Waals surface area contributed by atoms with E-state index in [1.165, 1.54) is 17.3 Å². The van der Waals surface area contributed by atoms with Gasteiger partial charge < -0.3 is 5.11 Å². The van der Waals surface area contributed by atoms with E-state index in [0.717, 1.165) is 10.6 Å². The van der Waals surface area contributed by atoms with E-state index >= 15 is 0 Å². The molecular weight excluding hydrogens is 234 g/mol. The molecule has 1 aliphatic heterocycles. The summed E-state index contributed by atoms with van der Waals surface area (Å²) in [5, 5.41) is 9.59. The van der Waals surface area contributed by atoms with Gasteiger partial charge in [-0.2, -0.15) is 0 Å². The molecule has 0 unspecified atom stereocenters. The number of carbonyl (C=O) groups is 1. The highest BCUT2D eigenvalue weighted by molar-refractivity contribution is 8.14. The predicted octanol–water partition coefficient (Wildman–Crippen LogP) is 2.61. The van der Waals surface area contributed by atoms with Crippen molar-refractivity contribution in [3.05, 3.63) is 41.5 Å². The van der Waals surface area contributed by atoms with Gasteiger partial charge in [0, 0.05) is 5.75 Å². The zero-order chi connectivity index (χ0) is 12.3. The largest absolute Gasteiger partial charge is 0.480 e. The molecule has 1 aromatic rings. The van der Waals surface area contributed by atoms with Gasteiger partial charge in [-0.05, 0) is 18.6 Å². The molecule has 0 saturated carbocycles. The first-order valence-electron chi connectivity index (χ1n) is 5.33. The van der Waals surface area contributed by atoms with Crippen molar-refractivity contribution in [2.24, 2.45) is 4.99 Å². The summed E-state index contributed by atoms with van der Waals surface area (Å²) in [7, 11) is 0. The Hall–Kier alpha value is -1.55. The van der Waals surface area contributed by atoms with E-state index in [1.807, 2.05) is 43.3 Å². The summed E-state index contributed by atoms with van der Waals surface area (Å²) >= 11 is 1.48. The van der Waals surface area contributed by atoms with Gasteiger partial charge in [-0.25, -0.2) is 4.79 Å². The molecule has 2 rings (SSSR count). The lowest BCUT2D eigenvalue weighted by atomic mass is 10.1. The Kier molecular flexibility index (Phi) is 3.64. The highest BCUT2D eigenvalue weighted by Gasteiger charge is 2.22. The molecule has 17 heavy (non-hydrogen) atoms. The van der Waals surface area contributed by atoms with Crippen molar-refractivity contribution in [3.8, 4) is 0 Å². The van der Waals surface area contributed by atoms with Crippen LogP contribution in [-0.4, -0.2) is 27.9 Å². The third-order valence-corrected chi connectivity index (χ3v) is 3.47. The molecule has 1 heterocycles. The van der Waals surface area contributed by atoms with Gasteiger partial charge in [0.05, 0.1) is 5.04 Å². The van der Waals surface area contributed by atoms with Gasteiger partial charge in [0.15, 0.2) is 6.04 Å². The maximum absolute atomic E-state index is 10.7. The molecule has 0 aromatic heterocycles. The fourth-order valence-electron chi connectivity index (χ4n) is 1.46. The van der Waals surface area contributed by atoms with Crippen molar-refractivity contribution < 1.29 is 9.90 Å². The second-order valence-electron chi connectivity index (χ2n) is 3.88. The SMILES string of the molecule is Cc1ccc(C=CC2=N[C@@H](C(=O)O)CS2)cc1. The van der Waals surface area contributed by atoms with E-state index in [1.54, 1.807) is 0 Å². The number of aryl methyl sites for hydroxylation is 1. The Morgan fingerprint density at radius 2 is 2.12 bits per heavy atom. The average molecular weight is 247 g/mol. The summed E-state index contributed by atoms with van der Waals surface area (Å²) in [6.45, 7) is 2.04. The van der Waals surface area contributed by atoms with Crippen LogP contribution in [0.2, 0.25) is 0 Å². The number of rotatable bonds is 3. The summed E-state index contributed by atoms with van der Waals surface area (Å²) < 4.78 is 0. The molecular formula is C13H13NO2S. The summed E-state index contributed by atoms with van der Waals surface area (Å²) in [5.41, 5.74) is 2.32. The molecule has 3 nitrogen and oxygen atoms in total. The Bertz CT molecular complexity index is 477. The second kappa shape index (κ2) is 5.19. The van der Waals surface area contributed by atoms with Crippen molar-refractivity contribution >= 4 is 28.9 Å². The van der Waals surface area contributed by atoms with Crippen molar-refractivity contribution in [1.29, 1.82) is 0 Å². The molecule has 1 atom stereocenters. The molecule has 0 aliphatic carbocycles. The lowest BCUT2D eigenvalue weighted by Gasteiger charge is -1.94. The number of carboxylic acids is 1. The summed E-state index contributed by atoms with van der Waals surface area (Å²) in [6.07, 6.45) is 3.83. The highest BCUT2D eigenvalue weighted by Crippen LogP contribution is 2.19. The van der Waals surface area contributed by atoms with E-state index in [2.05, 4.69) is 4.99 Å². The van der Waals surface area contributed by atoms with Crippen molar-refractivity contribution in [2.75, 3.05) is 5.75 Å². The van der Waals surface area contributed by atoms with E-state index < -0.39 is 12.0 Å². The van der Waals surface area contributed by atoms with Crippen LogP contribution in [0.3, 0.4) is 0 Å². The normalized spacial score (nSPS) is 19.6. The van der Waals surface area contributed by atoms with Gasteiger partial charge in [0.2, 0.25) is 0 Å². The maximum Gasteiger partial charge on any atom is 0.329 e. The van der Waals surface area contributed by atoms with Gasteiger partial charge in [0.1, 0.15) is 0 Å². The first-order valence-corrected chi connectivity index (χ1v) is 6.32. The number of aliphatic carboxylic acids is 1. The van der Waals surface area contributed by atoms with Crippen LogP contribution < -0.4 is 0 Å². The second-order valence-corrected chi connectivity index (χ2v) is 4.92. The Labute approximate surface area is 104 Å². The summed E-state index contributed by atoms with van der Waals surface area (Å²) in [5.74, 6) is -0.320. The van der Waals surface area contributed by atoms with E-state index in [0.29, 0.717) is 5.75 Å². The molecule has 0 fully saturated rings. The minimum atomic E-state index is -0.851. The molecule has 0 amide bonds. The van der Waals surface area contributed by atoms with Crippen LogP contribution in [0.4, 0.5) is 0 Å². The molecule has 1 aliphatic rings. The van der Waals surface area contributed by atoms with Crippen molar-refractivity contribution in [1.82, 2.24) is 0 Å². The van der Waals surface area contributed by atoms with Crippen molar-refractivity contribution in [2.45, 2.75) is 13.0 Å². The number of nitrogens with zero attached hydrogens (tertiary/aromatic N) is 1. The predicted molar refractivity (Wildman–Crippen MR) is 71.5 cm³/mol. The molecule has 0 radical (unpaired) electrons. The monoisotopic (exact) mass is 247 g/mol. The Morgan fingerprint density at radius 1 is 1.41 bits per heavy atom. The van der Waals surface area contributed by atoms with Gasteiger partial charge in [-0.15, -0.1) is 11.8 Å². The highest BCUT2D eigenvalue weighted by atomic mass is 32.2. The van der Waals surface area contributed by atoms with Crippen LogP contribution in [0.25, 0.3) is 6.08 Å². The topological polar surface area (TPSA) is 49.7 Å². The number of hydrogen-bond acceptors (Lipinski definition) is 3. The molecule has 0 bridgehead atoms. The van der Waals surface area contributed by atoms with Gasteiger partial charge in [-0.3, -0.25) is 4.99 Å². The van der Waals surface area contributed by atoms with Gasteiger partial charge >= 0.3 is 5.97 Å². The van der Waals surface area contributed by atoms with Crippen LogP contribution >= 0.6 is 11.8 Å². The third-order valence-electron chi connectivity index (χ3n) is 2.45. The number of aliphatic imine (C=N–C) groups is 1. The summed E-state index contributed by atoms with van der Waals surface area (Å²) in [4.78, 5) is 14.8. The first kappa shape index (κ1) is 11.9. The number of benzene rings is 1. The van der Waals surface area contributed by atoms with Crippen molar-refractivity contribution in [3.63, 3.8) is 0 Å². The van der Waals surface area contributed by atoms with Crippen LogP contribution in [0.1, 0.15) is 11.1 Å². The number of carboxylic acid groups (broad SMARTS) is 1. The van der Waals surface area contributed by atoms with E-state index in [-0.39, 0.29) is 0 Å². The zero-order valence-corrected chi connectivity index (χ0v) is 10.3. The van der Waals surface area contributed by atoms with Gasteiger partial charge in [0.25, 0.3) is 0 Å². The fraction of sp³-hybridized carbons (Fsp3) is 0.231. The first-order chi connectivity index (χ1) is 8.15. The number of thioether (sulfide) groups is 1. The molecule has 1 aromatic carbocycles. The van der Waals surface area contributed by atoms with E-state index in [9.17, 15) is 4.79 Å². The Balaban J connectivity index is 2.04. The van der Waals surface area contributed by atoms with Crippen LogP contribution in [0.5, 0.6) is 0 Å². The lowest BCUT2D eigenvalue weighted by Crippen LogP contribution is -2.16. The smallest absolute Gasteiger partial charge is 0.329 e. The molecule has 4 heteroatoms. The molecule has 88 valence electrons. The molecule has 0 saturated heterocycles. The fourth-order valence-corrected chi connectivity index (χ4v) is 2.37. The molecule has 0 spiro atoms. The minimum absolute atomic E-state index is 0.531. The van der Waals surface area contributed by atoms with Crippen LogP contribution in [-0.2, 0) is 4.79 Å². The number of hydrogen-bond donors (Lipinski definition) is 1. The zero-order valence-electron chi connectivity index (χ0n) is 9.46. The standard InChI is InChI=1S/C13H13NO2S/c1-9-2-4-10(5-3-9)6-7-12-14-11(8-17-12)13(15)16/h2-7,11H,8H2,1H3,(H,15,16)/t11-/m1/s1. The quantitative estimate of drug-likeness (QED) is 0.893. The average Bonchev–Trinajstić information content (AvgIpc) is 2.77. The third kappa shape index (κ3) is 3.20. The summed E-state index contributed by atoms with van der Waals surface area (Å²) in [6, 6.07) is 7.56. The van der Waals surface area contributed by atoms with Crippen LogP contribution in [0.15, 0.2) is 35.3 Å². The van der Waals surface area contributed by atoms with Gasteiger partial charge in [-0.1, -0.05) is 35.9 Å². The van der Waals surface area contributed by atoms with E-state index in [4.69, 9.17) is 5.11 Å². The minimum Gasteiger partial charge on any atom is -0.480 e. The lowest BCUT2D eigenvalue weighted by molar-refractivity contribution is -0.137.